The smallest absolute Gasteiger partial charge is 0.226 e. The fourth-order valence-electron chi connectivity index (χ4n) is 2.12. The molecule has 1 heterocycles. The van der Waals surface area contributed by atoms with E-state index in [1.807, 2.05) is 19.9 Å². The van der Waals surface area contributed by atoms with Crippen molar-refractivity contribution in [3.05, 3.63) is 11.8 Å². The van der Waals surface area contributed by atoms with Gasteiger partial charge in [0.25, 0.3) is 0 Å². The first-order chi connectivity index (χ1) is 9.21. The van der Waals surface area contributed by atoms with Crippen LogP contribution >= 0.6 is 0 Å². The number of rotatable bonds is 7. The van der Waals surface area contributed by atoms with E-state index in [0.29, 0.717) is 30.6 Å². The first kappa shape index (κ1) is 14.1. The summed E-state index contributed by atoms with van der Waals surface area (Å²) in [6.45, 7) is 7.53. The van der Waals surface area contributed by atoms with Crippen LogP contribution in [0.3, 0.4) is 0 Å². The average Bonchev–Trinajstić information content (AvgIpc) is 2.33. The maximum atomic E-state index is 5.55. The largest absolute Gasteiger partial charge is 0.478 e. The second-order valence-electron chi connectivity index (χ2n) is 4.91. The van der Waals surface area contributed by atoms with Crippen LogP contribution in [-0.2, 0) is 4.74 Å². The Kier molecular flexibility index (Phi) is 4.96. The van der Waals surface area contributed by atoms with Crippen LogP contribution in [0.5, 0.6) is 5.88 Å². The van der Waals surface area contributed by atoms with Gasteiger partial charge in [0.05, 0.1) is 12.7 Å². The van der Waals surface area contributed by atoms with Crippen LogP contribution in [0.1, 0.15) is 38.8 Å². The molecule has 0 atom stereocenters. The molecule has 0 aromatic carbocycles. The summed E-state index contributed by atoms with van der Waals surface area (Å²) in [5.41, 5.74) is 0.921. The number of hydrogen-bond acceptors (Lipinski definition) is 5. The molecule has 1 N–H and O–H groups in total. The molecule has 0 spiro atoms. The van der Waals surface area contributed by atoms with E-state index < -0.39 is 0 Å². The van der Waals surface area contributed by atoms with Gasteiger partial charge in [-0.2, -0.15) is 4.98 Å². The second kappa shape index (κ2) is 6.70. The topological polar surface area (TPSA) is 56.3 Å². The highest BCUT2D eigenvalue weighted by Gasteiger charge is 2.30. The van der Waals surface area contributed by atoms with E-state index in [1.54, 1.807) is 0 Å². The molecule has 1 saturated carbocycles. The van der Waals surface area contributed by atoms with Crippen LogP contribution in [0.15, 0.2) is 6.07 Å². The first-order valence-corrected chi connectivity index (χ1v) is 7.07. The Hall–Kier alpha value is -1.36. The van der Waals surface area contributed by atoms with Gasteiger partial charge in [-0.1, -0.05) is 6.92 Å². The molecule has 0 radical (unpaired) electrons. The van der Waals surface area contributed by atoms with Crippen LogP contribution in [0.2, 0.25) is 0 Å². The minimum atomic E-state index is 0.392. The van der Waals surface area contributed by atoms with Gasteiger partial charge in [0, 0.05) is 24.4 Å². The molecule has 1 aromatic heterocycles. The van der Waals surface area contributed by atoms with Crippen molar-refractivity contribution in [3.8, 4) is 5.88 Å². The SMILES string of the molecule is CCCOc1cc(C)nc(NC2CC(OCC)C2)n1. The van der Waals surface area contributed by atoms with Gasteiger partial charge >= 0.3 is 0 Å². The van der Waals surface area contributed by atoms with Crippen molar-refractivity contribution in [3.63, 3.8) is 0 Å². The van der Waals surface area contributed by atoms with Gasteiger partial charge in [-0.25, -0.2) is 4.98 Å². The predicted octanol–water partition coefficient (Wildman–Crippen LogP) is 2.55. The van der Waals surface area contributed by atoms with Crippen molar-refractivity contribution in [1.82, 2.24) is 9.97 Å². The molecular formula is C14H23N3O2. The van der Waals surface area contributed by atoms with E-state index in [9.17, 15) is 0 Å². The molecular weight excluding hydrogens is 242 g/mol. The third-order valence-corrected chi connectivity index (χ3v) is 3.12. The maximum absolute atomic E-state index is 5.55. The summed E-state index contributed by atoms with van der Waals surface area (Å²) in [4.78, 5) is 8.77. The average molecular weight is 265 g/mol. The summed E-state index contributed by atoms with van der Waals surface area (Å²) in [5, 5.41) is 3.34. The molecule has 19 heavy (non-hydrogen) atoms. The number of nitrogens with zero attached hydrogens (tertiary/aromatic N) is 2. The van der Waals surface area contributed by atoms with E-state index >= 15 is 0 Å². The molecule has 0 unspecified atom stereocenters. The Bertz CT molecular complexity index is 406. The van der Waals surface area contributed by atoms with Gasteiger partial charge in [-0.15, -0.1) is 0 Å². The van der Waals surface area contributed by atoms with E-state index in [0.717, 1.165) is 31.6 Å². The number of anilines is 1. The predicted molar refractivity (Wildman–Crippen MR) is 74.6 cm³/mol. The fraction of sp³-hybridized carbons (Fsp3) is 0.714. The second-order valence-corrected chi connectivity index (χ2v) is 4.91. The summed E-state index contributed by atoms with van der Waals surface area (Å²) in [5.74, 6) is 1.31. The Morgan fingerprint density at radius 3 is 2.79 bits per heavy atom. The van der Waals surface area contributed by atoms with Gasteiger partial charge < -0.3 is 14.8 Å². The highest BCUT2D eigenvalue weighted by molar-refractivity contribution is 5.32. The highest BCUT2D eigenvalue weighted by atomic mass is 16.5. The standard InChI is InChI=1S/C14H23N3O2/c1-4-6-19-13-7-10(3)15-14(17-13)16-11-8-12(9-11)18-5-2/h7,11-12H,4-6,8-9H2,1-3H3,(H,15,16,17). The van der Waals surface area contributed by atoms with Crippen LogP contribution < -0.4 is 10.1 Å². The molecule has 0 saturated heterocycles. The molecule has 0 amide bonds. The lowest BCUT2D eigenvalue weighted by Crippen LogP contribution is -2.41. The van der Waals surface area contributed by atoms with Crippen LogP contribution in [-0.4, -0.2) is 35.3 Å². The quantitative estimate of drug-likeness (QED) is 0.821. The van der Waals surface area contributed by atoms with Crippen LogP contribution in [0, 0.1) is 6.92 Å². The van der Waals surface area contributed by atoms with Gasteiger partial charge in [-0.05, 0) is 33.1 Å². The Balaban J connectivity index is 1.88. The number of aromatic nitrogens is 2. The van der Waals surface area contributed by atoms with E-state index in [1.165, 1.54) is 0 Å². The molecule has 5 heteroatoms. The zero-order valence-electron chi connectivity index (χ0n) is 12.0. The lowest BCUT2D eigenvalue weighted by atomic mass is 9.89. The summed E-state index contributed by atoms with van der Waals surface area (Å²) < 4.78 is 11.1. The number of ether oxygens (including phenoxy) is 2. The summed E-state index contributed by atoms with van der Waals surface area (Å²) in [7, 11) is 0. The molecule has 0 aliphatic heterocycles. The minimum Gasteiger partial charge on any atom is -0.478 e. The Labute approximate surface area is 114 Å². The van der Waals surface area contributed by atoms with Gasteiger partial charge in [-0.3, -0.25) is 0 Å². The van der Waals surface area contributed by atoms with Gasteiger partial charge in [0.1, 0.15) is 0 Å². The van der Waals surface area contributed by atoms with Crippen LogP contribution in [0.25, 0.3) is 0 Å². The fourth-order valence-corrected chi connectivity index (χ4v) is 2.12. The molecule has 1 fully saturated rings. The molecule has 5 nitrogen and oxygen atoms in total. The highest BCUT2D eigenvalue weighted by Crippen LogP contribution is 2.26. The molecule has 1 aliphatic carbocycles. The minimum absolute atomic E-state index is 0.392. The monoisotopic (exact) mass is 265 g/mol. The third kappa shape index (κ3) is 4.06. The zero-order valence-corrected chi connectivity index (χ0v) is 12.0. The third-order valence-electron chi connectivity index (χ3n) is 3.12. The van der Waals surface area contributed by atoms with Crippen molar-refractivity contribution in [2.45, 2.75) is 52.2 Å². The van der Waals surface area contributed by atoms with Gasteiger partial charge in [0.2, 0.25) is 11.8 Å². The van der Waals surface area contributed by atoms with E-state index in [-0.39, 0.29) is 0 Å². The molecule has 2 rings (SSSR count). The van der Waals surface area contributed by atoms with Crippen LogP contribution in [0.4, 0.5) is 5.95 Å². The van der Waals surface area contributed by atoms with Crippen molar-refractivity contribution < 1.29 is 9.47 Å². The summed E-state index contributed by atoms with van der Waals surface area (Å²) in [6, 6.07) is 2.28. The lowest BCUT2D eigenvalue weighted by Gasteiger charge is -2.35. The van der Waals surface area contributed by atoms with E-state index in [4.69, 9.17) is 9.47 Å². The number of hydrogen-bond donors (Lipinski definition) is 1. The van der Waals surface area contributed by atoms with Gasteiger partial charge in [0.15, 0.2) is 0 Å². The Morgan fingerprint density at radius 1 is 1.32 bits per heavy atom. The molecule has 106 valence electrons. The molecule has 1 aromatic rings. The summed E-state index contributed by atoms with van der Waals surface area (Å²) in [6.07, 6.45) is 3.42. The lowest BCUT2D eigenvalue weighted by molar-refractivity contribution is 0.00284. The number of aryl methyl sites for hydroxylation is 1. The van der Waals surface area contributed by atoms with Crippen molar-refractivity contribution in [1.29, 1.82) is 0 Å². The summed E-state index contributed by atoms with van der Waals surface area (Å²) >= 11 is 0. The van der Waals surface area contributed by atoms with Crippen molar-refractivity contribution in [2.24, 2.45) is 0 Å². The van der Waals surface area contributed by atoms with Crippen molar-refractivity contribution >= 4 is 5.95 Å². The number of nitrogens with one attached hydrogen (secondary N) is 1. The van der Waals surface area contributed by atoms with Crippen molar-refractivity contribution in [2.75, 3.05) is 18.5 Å². The Morgan fingerprint density at radius 2 is 2.11 bits per heavy atom. The maximum Gasteiger partial charge on any atom is 0.226 e. The first-order valence-electron chi connectivity index (χ1n) is 7.07. The van der Waals surface area contributed by atoms with E-state index in [2.05, 4.69) is 22.2 Å². The zero-order chi connectivity index (χ0) is 13.7. The molecule has 1 aliphatic rings. The normalized spacial score (nSPS) is 21.8. The molecule has 0 bridgehead atoms.